The van der Waals surface area contributed by atoms with Crippen molar-refractivity contribution in [1.29, 1.82) is 0 Å². The van der Waals surface area contributed by atoms with Crippen molar-refractivity contribution in [2.75, 3.05) is 6.61 Å². The van der Waals surface area contributed by atoms with Crippen LogP contribution in [0, 0.1) is 0 Å². The number of aliphatic hydroxyl groups excluding tert-OH is 5. The first-order chi connectivity index (χ1) is 7.91. The first kappa shape index (κ1) is 19.7. The number of primary amides is 1. The summed E-state index contributed by atoms with van der Waals surface area (Å²) in [5.74, 6) is -1.23. The van der Waals surface area contributed by atoms with E-state index in [1.165, 1.54) is 0 Å². The van der Waals surface area contributed by atoms with Gasteiger partial charge >= 0.3 is 7.82 Å². The number of hydrogen-bond donors (Lipinski definition) is 9. The number of carbonyl (C=O) groups is 1. The van der Waals surface area contributed by atoms with Crippen LogP contribution in [-0.2, 0) is 9.36 Å². The minimum atomic E-state index is -4.64. The van der Waals surface area contributed by atoms with Gasteiger partial charge in [0.25, 0.3) is 0 Å². The number of carbonyl (C=O) groups excluding carboxylic acids is 1. The molecule has 0 heterocycles. The SMILES string of the molecule is NC(=O)[C@H](O)[C@@H](O)[C@H](O)[C@H](O)CO.O=P(O)(O)O. The molecule has 0 unspecified atom stereocenters. The van der Waals surface area contributed by atoms with E-state index in [9.17, 15) is 4.79 Å². The molecule has 0 rings (SSSR count). The summed E-state index contributed by atoms with van der Waals surface area (Å²) < 4.78 is 8.88. The van der Waals surface area contributed by atoms with Gasteiger partial charge in [-0.3, -0.25) is 4.79 Å². The van der Waals surface area contributed by atoms with Gasteiger partial charge in [0.05, 0.1) is 6.61 Å². The standard InChI is InChI=1S/C6H13NO6.H3O4P/c7-6(13)5(12)4(11)3(10)2(9)1-8;1-5(2,3)4/h2-5,8-12H,1H2,(H2,7,13);(H3,1,2,3,4)/t2-,3-,4+,5-;/m1./s1. The van der Waals surface area contributed by atoms with Crippen LogP contribution in [0.15, 0.2) is 0 Å². The average Bonchev–Trinajstić information content (AvgIpc) is 2.22. The molecular formula is C6H16NO10P. The summed E-state index contributed by atoms with van der Waals surface area (Å²) in [5.41, 5.74) is 4.61. The van der Waals surface area contributed by atoms with Gasteiger partial charge in [0, 0.05) is 0 Å². The van der Waals surface area contributed by atoms with E-state index in [1.54, 1.807) is 0 Å². The smallest absolute Gasteiger partial charge is 0.394 e. The summed E-state index contributed by atoms with van der Waals surface area (Å²) in [5, 5.41) is 44.0. The zero-order valence-electron chi connectivity index (χ0n) is 8.94. The molecule has 0 aromatic rings. The molecule has 4 atom stereocenters. The lowest BCUT2D eigenvalue weighted by Gasteiger charge is -2.23. The number of phosphoric acid groups is 1. The summed E-state index contributed by atoms with van der Waals surface area (Å²) >= 11 is 0. The number of amides is 1. The Morgan fingerprint density at radius 1 is 1.06 bits per heavy atom. The van der Waals surface area contributed by atoms with Gasteiger partial charge in [-0.25, -0.2) is 4.57 Å². The highest BCUT2D eigenvalue weighted by Gasteiger charge is 2.32. The summed E-state index contributed by atoms with van der Waals surface area (Å²) in [4.78, 5) is 31.9. The predicted octanol–water partition coefficient (Wildman–Crippen LogP) is -5.02. The van der Waals surface area contributed by atoms with E-state index in [2.05, 4.69) is 5.73 Å². The Bertz CT molecular complexity index is 284. The van der Waals surface area contributed by atoms with E-state index in [0.717, 1.165) is 0 Å². The van der Waals surface area contributed by atoms with Crippen molar-refractivity contribution < 1.29 is 49.6 Å². The first-order valence-corrected chi connectivity index (χ1v) is 5.89. The predicted molar refractivity (Wildman–Crippen MR) is 54.6 cm³/mol. The number of hydrogen-bond acceptors (Lipinski definition) is 7. The maximum absolute atomic E-state index is 10.3. The Labute approximate surface area is 101 Å². The minimum absolute atomic E-state index is 0.802. The summed E-state index contributed by atoms with van der Waals surface area (Å²) in [7, 11) is -4.64. The molecule has 11 nitrogen and oxygen atoms in total. The zero-order chi connectivity index (χ0) is 15.1. The van der Waals surface area contributed by atoms with Gasteiger partial charge in [-0.1, -0.05) is 0 Å². The van der Waals surface area contributed by atoms with Crippen molar-refractivity contribution in [2.24, 2.45) is 5.73 Å². The quantitative estimate of drug-likeness (QED) is 0.219. The van der Waals surface area contributed by atoms with E-state index in [1.807, 2.05) is 0 Å². The lowest BCUT2D eigenvalue weighted by Crippen LogP contribution is -2.50. The van der Waals surface area contributed by atoms with Crippen molar-refractivity contribution >= 4 is 13.7 Å². The molecule has 0 spiro atoms. The van der Waals surface area contributed by atoms with Crippen LogP contribution >= 0.6 is 7.82 Å². The lowest BCUT2D eigenvalue weighted by atomic mass is 10.0. The fraction of sp³-hybridized carbons (Fsp3) is 0.833. The van der Waals surface area contributed by atoms with Crippen LogP contribution in [-0.4, -0.2) is 77.1 Å². The van der Waals surface area contributed by atoms with Gasteiger partial charge in [0.1, 0.15) is 18.3 Å². The maximum atomic E-state index is 10.3. The van der Waals surface area contributed by atoms with Crippen LogP contribution in [0.5, 0.6) is 0 Å². The number of aliphatic hydroxyl groups is 5. The topological polar surface area (TPSA) is 222 Å². The summed E-state index contributed by atoms with van der Waals surface area (Å²) in [6, 6.07) is 0. The Morgan fingerprint density at radius 3 is 1.61 bits per heavy atom. The molecule has 0 aliphatic carbocycles. The minimum Gasteiger partial charge on any atom is -0.394 e. The van der Waals surface area contributed by atoms with E-state index in [-0.39, 0.29) is 0 Å². The molecule has 0 aromatic heterocycles. The highest BCUT2D eigenvalue weighted by atomic mass is 31.2. The van der Waals surface area contributed by atoms with Gasteiger partial charge in [-0.15, -0.1) is 0 Å². The molecule has 0 saturated heterocycles. The van der Waals surface area contributed by atoms with Gasteiger partial charge in [-0.2, -0.15) is 0 Å². The van der Waals surface area contributed by atoms with Gasteiger partial charge < -0.3 is 45.9 Å². The Morgan fingerprint density at radius 2 is 1.39 bits per heavy atom. The molecule has 12 heteroatoms. The van der Waals surface area contributed by atoms with Crippen molar-refractivity contribution in [2.45, 2.75) is 24.4 Å². The van der Waals surface area contributed by atoms with E-state index in [4.69, 9.17) is 44.8 Å². The second-order valence-corrected chi connectivity index (χ2v) is 4.12. The van der Waals surface area contributed by atoms with Crippen molar-refractivity contribution in [3.05, 3.63) is 0 Å². The molecular weight excluding hydrogens is 277 g/mol. The van der Waals surface area contributed by atoms with E-state index >= 15 is 0 Å². The fourth-order valence-electron chi connectivity index (χ4n) is 0.691. The third-order valence-corrected chi connectivity index (χ3v) is 1.55. The highest BCUT2D eigenvalue weighted by molar-refractivity contribution is 7.45. The molecule has 1 amide bonds. The summed E-state index contributed by atoms with van der Waals surface area (Å²) in [6.45, 7) is -0.802. The van der Waals surface area contributed by atoms with Crippen LogP contribution in [0.2, 0.25) is 0 Å². The second-order valence-electron chi connectivity index (χ2n) is 3.09. The fourth-order valence-corrected chi connectivity index (χ4v) is 0.691. The number of rotatable bonds is 5. The second kappa shape index (κ2) is 8.48. The molecule has 110 valence electrons. The Hall–Kier alpha value is -0.620. The van der Waals surface area contributed by atoms with E-state index in [0.29, 0.717) is 0 Å². The lowest BCUT2D eigenvalue weighted by molar-refractivity contribution is -0.146. The largest absolute Gasteiger partial charge is 0.466 e. The molecule has 10 N–H and O–H groups in total. The van der Waals surface area contributed by atoms with Crippen LogP contribution in [0.1, 0.15) is 0 Å². The number of nitrogens with two attached hydrogens (primary N) is 1. The molecule has 0 saturated carbocycles. The Balaban J connectivity index is 0. The average molecular weight is 293 g/mol. The molecule has 0 aliphatic heterocycles. The van der Waals surface area contributed by atoms with Gasteiger partial charge in [0.15, 0.2) is 6.10 Å². The third kappa shape index (κ3) is 10.5. The van der Waals surface area contributed by atoms with Crippen LogP contribution in [0.4, 0.5) is 0 Å². The van der Waals surface area contributed by atoms with Crippen LogP contribution < -0.4 is 5.73 Å². The van der Waals surface area contributed by atoms with Crippen LogP contribution in [0.3, 0.4) is 0 Å². The van der Waals surface area contributed by atoms with Gasteiger partial charge in [-0.05, 0) is 0 Å². The molecule has 0 bridgehead atoms. The molecule has 0 radical (unpaired) electrons. The molecule has 0 fully saturated rings. The first-order valence-electron chi connectivity index (χ1n) is 4.32. The highest BCUT2D eigenvalue weighted by Crippen LogP contribution is 2.25. The molecule has 18 heavy (non-hydrogen) atoms. The summed E-state index contributed by atoms with van der Waals surface area (Å²) in [6.07, 6.45) is -7.35. The van der Waals surface area contributed by atoms with Crippen molar-refractivity contribution in [3.8, 4) is 0 Å². The van der Waals surface area contributed by atoms with Crippen molar-refractivity contribution in [3.63, 3.8) is 0 Å². The van der Waals surface area contributed by atoms with Crippen LogP contribution in [0.25, 0.3) is 0 Å². The van der Waals surface area contributed by atoms with Crippen molar-refractivity contribution in [1.82, 2.24) is 0 Å². The molecule has 0 aromatic carbocycles. The Kier molecular flexibility index (Phi) is 9.28. The van der Waals surface area contributed by atoms with E-state index < -0.39 is 44.8 Å². The zero-order valence-corrected chi connectivity index (χ0v) is 9.83. The van der Waals surface area contributed by atoms with Gasteiger partial charge in [0.2, 0.25) is 5.91 Å². The molecule has 0 aliphatic rings. The monoisotopic (exact) mass is 293 g/mol. The third-order valence-electron chi connectivity index (χ3n) is 1.55. The normalized spacial score (nSPS) is 18.0. The maximum Gasteiger partial charge on any atom is 0.466 e.